The Kier molecular flexibility index (Phi) is 3.09. The Bertz CT molecular complexity index is 238. The zero-order valence-corrected chi connectivity index (χ0v) is 8.18. The Morgan fingerprint density at radius 3 is 2.67 bits per heavy atom. The lowest BCUT2D eigenvalue weighted by Crippen LogP contribution is -2.42. The first-order valence-corrected chi connectivity index (χ1v) is 5.91. The van der Waals surface area contributed by atoms with Crippen molar-refractivity contribution in [2.75, 3.05) is 19.3 Å². The molecule has 0 aromatic heterocycles. The fourth-order valence-electron chi connectivity index (χ4n) is 1.62. The van der Waals surface area contributed by atoms with Gasteiger partial charge in [0.25, 0.3) is 0 Å². The van der Waals surface area contributed by atoms with E-state index in [-0.39, 0.29) is 11.8 Å². The first-order valence-electron chi connectivity index (χ1n) is 4.20. The molecule has 1 aliphatic heterocycles. The van der Waals surface area contributed by atoms with E-state index in [0.29, 0.717) is 0 Å². The summed E-state index contributed by atoms with van der Waals surface area (Å²) in [7, 11) is -1.34. The minimum Gasteiger partial charge on any atom is -0.302 e. The van der Waals surface area contributed by atoms with Gasteiger partial charge in [0.15, 0.2) is 0 Å². The van der Waals surface area contributed by atoms with Crippen LogP contribution in [0.3, 0.4) is 0 Å². The van der Waals surface area contributed by atoms with E-state index in [1.807, 2.05) is 7.05 Å². The molecule has 1 atom stereocenters. The van der Waals surface area contributed by atoms with Crippen molar-refractivity contribution in [3.8, 4) is 0 Å². The smallest absolute Gasteiger partial charge is 0.210 e. The van der Waals surface area contributed by atoms with Gasteiger partial charge in [-0.2, -0.15) is 0 Å². The molecule has 1 unspecified atom stereocenters. The molecule has 2 N–H and O–H groups in total. The van der Waals surface area contributed by atoms with Crippen LogP contribution >= 0.6 is 0 Å². The highest BCUT2D eigenvalue weighted by molar-refractivity contribution is 7.89. The Labute approximate surface area is 73.8 Å². The molecule has 0 spiro atoms. The minimum absolute atomic E-state index is 0.101. The van der Waals surface area contributed by atoms with E-state index >= 15 is 0 Å². The maximum absolute atomic E-state index is 10.8. The zero-order valence-electron chi connectivity index (χ0n) is 7.36. The third-order valence-corrected chi connectivity index (χ3v) is 3.20. The van der Waals surface area contributed by atoms with Gasteiger partial charge < -0.3 is 4.90 Å². The van der Waals surface area contributed by atoms with Crippen LogP contribution in [0.4, 0.5) is 0 Å². The quantitative estimate of drug-likeness (QED) is 0.656. The molecule has 0 aliphatic carbocycles. The lowest BCUT2D eigenvalue weighted by Gasteiger charge is -2.31. The van der Waals surface area contributed by atoms with Crippen molar-refractivity contribution < 1.29 is 8.42 Å². The summed E-state index contributed by atoms with van der Waals surface area (Å²) in [6.45, 7) is 0.986. The molecule has 1 aliphatic rings. The van der Waals surface area contributed by atoms with Gasteiger partial charge in [-0.3, -0.25) is 0 Å². The molecule has 1 fully saturated rings. The van der Waals surface area contributed by atoms with E-state index in [0.717, 1.165) is 25.8 Å². The van der Waals surface area contributed by atoms with Crippen molar-refractivity contribution >= 4 is 10.0 Å². The number of rotatable bonds is 2. The van der Waals surface area contributed by atoms with Crippen LogP contribution in [0.15, 0.2) is 0 Å². The lowest BCUT2D eigenvalue weighted by atomic mass is 10.1. The van der Waals surface area contributed by atoms with E-state index < -0.39 is 10.0 Å². The molecule has 4 nitrogen and oxygen atoms in total. The molecule has 72 valence electrons. The fourth-order valence-corrected chi connectivity index (χ4v) is 2.58. The summed E-state index contributed by atoms with van der Waals surface area (Å²) in [5, 5.41) is 4.97. The van der Waals surface area contributed by atoms with Crippen LogP contribution in [0.25, 0.3) is 0 Å². The third-order valence-electron chi connectivity index (χ3n) is 2.35. The number of piperidine rings is 1. The van der Waals surface area contributed by atoms with Crippen LogP contribution in [0.1, 0.15) is 19.3 Å². The Morgan fingerprint density at radius 1 is 1.50 bits per heavy atom. The number of sulfonamides is 1. The lowest BCUT2D eigenvalue weighted by molar-refractivity contribution is 0.202. The van der Waals surface area contributed by atoms with E-state index in [2.05, 4.69) is 4.90 Å². The molecule has 0 aromatic rings. The van der Waals surface area contributed by atoms with Crippen molar-refractivity contribution in [1.82, 2.24) is 4.90 Å². The second-order valence-corrected chi connectivity index (χ2v) is 5.12. The van der Waals surface area contributed by atoms with Gasteiger partial charge in [-0.15, -0.1) is 0 Å². The number of nitrogens with zero attached hydrogens (tertiary/aromatic N) is 1. The van der Waals surface area contributed by atoms with Crippen LogP contribution in [0.2, 0.25) is 0 Å². The predicted molar refractivity (Wildman–Crippen MR) is 48.2 cm³/mol. The normalized spacial score (nSPS) is 27.3. The first kappa shape index (κ1) is 9.95. The molecule has 0 radical (unpaired) electrons. The molecule has 0 saturated carbocycles. The van der Waals surface area contributed by atoms with Crippen molar-refractivity contribution in [2.45, 2.75) is 25.3 Å². The van der Waals surface area contributed by atoms with E-state index in [1.165, 1.54) is 0 Å². The van der Waals surface area contributed by atoms with Crippen LogP contribution in [-0.2, 0) is 10.0 Å². The standard InChI is InChI=1S/C7H16N2O2S/c1-9-5-3-2-4-7(9)6-12(8,10)11/h7H,2-6H2,1H3,(H2,8,10,11). The first-order chi connectivity index (χ1) is 5.49. The van der Waals surface area contributed by atoms with Gasteiger partial charge in [-0.05, 0) is 26.4 Å². The second-order valence-electron chi connectivity index (χ2n) is 3.46. The van der Waals surface area contributed by atoms with E-state index in [1.54, 1.807) is 0 Å². The highest BCUT2D eigenvalue weighted by Crippen LogP contribution is 2.15. The highest BCUT2D eigenvalue weighted by atomic mass is 32.2. The molecule has 0 bridgehead atoms. The average Bonchev–Trinajstić information content (AvgIpc) is 1.91. The monoisotopic (exact) mass is 192 g/mol. The molecular formula is C7H16N2O2S. The summed E-state index contributed by atoms with van der Waals surface area (Å²) < 4.78 is 21.6. The number of primary sulfonamides is 1. The van der Waals surface area contributed by atoms with Gasteiger partial charge in [0.05, 0.1) is 5.75 Å². The van der Waals surface area contributed by atoms with Gasteiger partial charge in [-0.1, -0.05) is 6.42 Å². The van der Waals surface area contributed by atoms with Gasteiger partial charge in [0.2, 0.25) is 10.0 Å². The minimum atomic E-state index is -3.30. The van der Waals surface area contributed by atoms with Crippen molar-refractivity contribution in [2.24, 2.45) is 5.14 Å². The van der Waals surface area contributed by atoms with Crippen molar-refractivity contribution in [3.63, 3.8) is 0 Å². The van der Waals surface area contributed by atoms with Crippen LogP contribution in [0.5, 0.6) is 0 Å². The molecule has 0 aromatic carbocycles. The predicted octanol–water partition coefficient (Wildman–Crippen LogP) is -0.241. The maximum atomic E-state index is 10.8. The van der Waals surface area contributed by atoms with Gasteiger partial charge in [0, 0.05) is 6.04 Å². The molecule has 12 heavy (non-hydrogen) atoms. The molecular weight excluding hydrogens is 176 g/mol. The summed E-state index contributed by atoms with van der Waals surface area (Å²) in [6, 6.07) is 0.133. The van der Waals surface area contributed by atoms with Crippen LogP contribution < -0.4 is 5.14 Å². The summed E-state index contributed by atoms with van der Waals surface area (Å²) >= 11 is 0. The largest absolute Gasteiger partial charge is 0.302 e. The molecule has 1 saturated heterocycles. The Balaban J connectivity index is 2.50. The van der Waals surface area contributed by atoms with Gasteiger partial charge in [-0.25, -0.2) is 13.6 Å². The van der Waals surface area contributed by atoms with E-state index in [9.17, 15) is 8.42 Å². The van der Waals surface area contributed by atoms with E-state index in [4.69, 9.17) is 5.14 Å². The molecule has 1 rings (SSSR count). The number of hydrogen-bond acceptors (Lipinski definition) is 3. The zero-order chi connectivity index (χ0) is 9.19. The third kappa shape index (κ3) is 3.08. The number of hydrogen-bond donors (Lipinski definition) is 1. The van der Waals surface area contributed by atoms with Gasteiger partial charge in [0.1, 0.15) is 0 Å². The summed E-state index contributed by atoms with van der Waals surface area (Å²) in [5.74, 6) is 0.101. The Morgan fingerprint density at radius 2 is 2.17 bits per heavy atom. The van der Waals surface area contributed by atoms with Crippen molar-refractivity contribution in [3.05, 3.63) is 0 Å². The highest BCUT2D eigenvalue weighted by Gasteiger charge is 2.22. The number of likely N-dealkylation sites (tertiary alicyclic amines) is 1. The summed E-state index contributed by atoms with van der Waals surface area (Å²) in [6.07, 6.45) is 3.23. The van der Waals surface area contributed by atoms with Crippen molar-refractivity contribution in [1.29, 1.82) is 0 Å². The van der Waals surface area contributed by atoms with Crippen LogP contribution in [0, 0.1) is 0 Å². The maximum Gasteiger partial charge on any atom is 0.210 e. The number of nitrogens with two attached hydrogens (primary N) is 1. The molecule has 1 heterocycles. The topological polar surface area (TPSA) is 63.4 Å². The summed E-state index contributed by atoms with van der Waals surface area (Å²) in [4.78, 5) is 2.08. The van der Waals surface area contributed by atoms with Gasteiger partial charge >= 0.3 is 0 Å². The molecule has 5 heteroatoms. The second kappa shape index (κ2) is 3.72. The fraction of sp³-hybridized carbons (Fsp3) is 1.00. The SMILES string of the molecule is CN1CCCCC1CS(N)(=O)=O. The van der Waals surface area contributed by atoms with Crippen LogP contribution in [-0.4, -0.2) is 38.7 Å². The average molecular weight is 192 g/mol. The Hall–Kier alpha value is -0.130. The molecule has 0 amide bonds. The summed E-state index contributed by atoms with van der Waals surface area (Å²) in [5.41, 5.74) is 0.